The molecular formula is C10H22N2. The Morgan fingerprint density at radius 2 is 2.25 bits per heavy atom. The Morgan fingerprint density at radius 1 is 1.42 bits per heavy atom. The molecule has 1 N–H and O–H groups in total. The molecule has 0 saturated carbocycles. The highest BCUT2D eigenvalue weighted by atomic mass is 15.2. The van der Waals surface area contributed by atoms with E-state index in [0.717, 1.165) is 12.6 Å². The SMILES string of the molecule is CCCN1CCC[C@H]1CNCC. The number of nitrogens with zero attached hydrogens (tertiary/aromatic N) is 1. The lowest BCUT2D eigenvalue weighted by Gasteiger charge is -2.23. The molecule has 0 unspecified atom stereocenters. The van der Waals surface area contributed by atoms with E-state index in [1.807, 2.05) is 0 Å². The molecule has 0 amide bonds. The summed E-state index contributed by atoms with van der Waals surface area (Å²) < 4.78 is 0. The third-order valence-corrected chi connectivity index (χ3v) is 2.64. The monoisotopic (exact) mass is 170 g/mol. The third kappa shape index (κ3) is 2.76. The van der Waals surface area contributed by atoms with Gasteiger partial charge in [0.25, 0.3) is 0 Å². The number of hydrogen-bond donors (Lipinski definition) is 1. The number of rotatable bonds is 5. The molecule has 2 nitrogen and oxygen atoms in total. The first-order valence-electron chi connectivity index (χ1n) is 5.33. The van der Waals surface area contributed by atoms with E-state index in [1.54, 1.807) is 0 Å². The zero-order valence-electron chi connectivity index (χ0n) is 8.47. The van der Waals surface area contributed by atoms with Gasteiger partial charge < -0.3 is 5.32 Å². The predicted octanol–water partition coefficient (Wildman–Crippen LogP) is 1.47. The van der Waals surface area contributed by atoms with Crippen molar-refractivity contribution in [2.75, 3.05) is 26.2 Å². The van der Waals surface area contributed by atoms with E-state index in [-0.39, 0.29) is 0 Å². The van der Waals surface area contributed by atoms with Gasteiger partial charge in [-0.25, -0.2) is 0 Å². The van der Waals surface area contributed by atoms with Crippen LogP contribution in [0.25, 0.3) is 0 Å². The minimum atomic E-state index is 0.824. The summed E-state index contributed by atoms with van der Waals surface area (Å²) in [7, 11) is 0. The number of hydrogen-bond acceptors (Lipinski definition) is 2. The fraction of sp³-hybridized carbons (Fsp3) is 1.00. The summed E-state index contributed by atoms with van der Waals surface area (Å²) in [5.74, 6) is 0. The normalized spacial score (nSPS) is 25.0. The van der Waals surface area contributed by atoms with Crippen LogP contribution in [0.5, 0.6) is 0 Å². The first-order chi connectivity index (χ1) is 5.88. The van der Waals surface area contributed by atoms with Crippen molar-refractivity contribution in [2.24, 2.45) is 0 Å². The fourth-order valence-corrected chi connectivity index (χ4v) is 2.02. The second-order valence-electron chi connectivity index (χ2n) is 3.64. The lowest BCUT2D eigenvalue weighted by Crippen LogP contribution is -2.38. The van der Waals surface area contributed by atoms with Crippen molar-refractivity contribution in [1.82, 2.24) is 10.2 Å². The highest BCUT2D eigenvalue weighted by Crippen LogP contribution is 2.16. The molecule has 1 fully saturated rings. The van der Waals surface area contributed by atoms with Gasteiger partial charge in [0.2, 0.25) is 0 Å². The third-order valence-electron chi connectivity index (χ3n) is 2.64. The van der Waals surface area contributed by atoms with E-state index >= 15 is 0 Å². The van der Waals surface area contributed by atoms with E-state index in [1.165, 1.54) is 38.9 Å². The maximum absolute atomic E-state index is 3.44. The van der Waals surface area contributed by atoms with Crippen LogP contribution in [-0.4, -0.2) is 37.1 Å². The van der Waals surface area contributed by atoms with E-state index in [2.05, 4.69) is 24.1 Å². The van der Waals surface area contributed by atoms with Crippen LogP contribution in [-0.2, 0) is 0 Å². The quantitative estimate of drug-likeness (QED) is 0.672. The topological polar surface area (TPSA) is 15.3 Å². The summed E-state index contributed by atoms with van der Waals surface area (Å²) in [5.41, 5.74) is 0. The van der Waals surface area contributed by atoms with E-state index in [9.17, 15) is 0 Å². The van der Waals surface area contributed by atoms with Crippen molar-refractivity contribution in [3.63, 3.8) is 0 Å². The largest absolute Gasteiger partial charge is 0.315 e. The molecule has 0 aromatic heterocycles. The summed E-state index contributed by atoms with van der Waals surface area (Å²) in [4.78, 5) is 2.63. The molecule has 12 heavy (non-hydrogen) atoms. The van der Waals surface area contributed by atoms with Gasteiger partial charge in [-0.3, -0.25) is 4.90 Å². The molecule has 1 aliphatic heterocycles. The van der Waals surface area contributed by atoms with Crippen molar-refractivity contribution in [3.8, 4) is 0 Å². The maximum Gasteiger partial charge on any atom is 0.0221 e. The van der Waals surface area contributed by atoms with Crippen LogP contribution in [0.1, 0.15) is 33.1 Å². The average molecular weight is 170 g/mol. The molecule has 1 heterocycles. The van der Waals surface area contributed by atoms with Crippen molar-refractivity contribution in [1.29, 1.82) is 0 Å². The minimum absolute atomic E-state index is 0.824. The lowest BCUT2D eigenvalue weighted by molar-refractivity contribution is 0.249. The molecule has 0 bridgehead atoms. The van der Waals surface area contributed by atoms with Crippen molar-refractivity contribution < 1.29 is 0 Å². The van der Waals surface area contributed by atoms with Gasteiger partial charge in [0, 0.05) is 12.6 Å². The van der Waals surface area contributed by atoms with Gasteiger partial charge in [-0.1, -0.05) is 13.8 Å². The van der Waals surface area contributed by atoms with Gasteiger partial charge in [-0.05, 0) is 38.9 Å². The zero-order chi connectivity index (χ0) is 8.81. The van der Waals surface area contributed by atoms with Gasteiger partial charge in [-0.2, -0.15) is 0 Å². The van der Waals surface area contributed by atoms with Crippen LogP contribution in [0.3, 0.4) is 0 Å². The van der Waals surface area contributed by atoms with Gasteiger partial charge in [0.15, 0.2) is 0 Å². The molecule has 72 valence electrons. The van der Waals surface area contributed by atoms with Crippen LogP contribution in [0.15, 0.2) is 0 Å². The molecule has 1 rings (SSSR count). The Morgan fingerprint density at radius 3 is 2.92 bits per heavy atom. The van der Waals surface area contributed by atoms with Crippen LogP contribution >= 0.6 is 0 Å². The molecule has 0 aromatic carbocycles. The van der Waals surface area contributed by atoms with Crippen LogP contribution in [0, 0.1) is 0 Å². The fourth-order valence-electron chi connectivity index (χ4n) is 2.02. The molecule has 0 aliphatic carbocycles. The van der Waals surface area contributed by atoms with Gasteiger partial charge >= 0.3 is 0 Å². The average Bonchev–Trinajstić information content (AvgIpc) is 2.50. The summed E-state index contributed by atoms with van der Waals surface area (Å²) in [6.07, 6.45) is 4.09. The summed E-state index contributed by atoms with van der Waals surface area (Å²) in [5, 5.41) is 3.44. The second-order valence-corrected chi connectivity index (χ2v) is 3.64. The molecule has 2 heteroatoms. The highest BCUT2D eigenvalue weighted by Gasteiger charge is 2.22. The predicted molar refractivity (Wildman–Crippen MR) is 53.4 cm³/mol. The Kier molecular flexibility index (Phi) is 4.62. The Balaban J connectivity index is 2.20. The molecule has 1 saturated heterocycles. The second kappa shape index (κ2) is 5.55. The van der Waals surface area contributed by atoms with E-state index in [4.69, 9.17) is 0 Å². The van der Waals surface area contributed by atoms with Gasteiger partial charge in [0.1, 0.15) is 0 Å². The zero-order valence-corrected chi connectivity index (χ0v) is 8.47. The van der Waals surface area contributed by atoms with Crippen LogP contribution in [0.2, 0.25) is 0 Å². The molecule has 1 aliphatic rings. The van der Waals surface area contributed by atoms with Crippen LogP contribution in [0.4, 0.5) is 0 Å². The number of likely N-dealkylation sites (N-methyl/N-ethyl adjacent to an activating group) is 1. The number of nitrogens with one attached hydrogen (secondary N) is 1. The molecule has 0 radical (unpaired) electrons. The highest BCUT2D eigenvalue weighted by molar-refractivity contribution is 4.80. The summed E-state index contributed by atoms with van der Waals surface area (Å²) in [6.45, 7) is 9.36. The lowest BCUT2D eigenvalue weighted by atomic mass is 10.2. The standard InChI is InChI=1S/C10H22N2/c1-3-7-12-8-5-6-10(12)9-11-4-2/h10-11H,3-9H2,1-2H3/t10-/m0/s1. The van der Waals surface area contributed by atoms with Gasteiger partial charge in [-0.15, -0.1) is 0 Å². The smallest absolute Gasteiger partial charge is 0.0221 e. The number of likely N-dealkylation sites (tertiary alicyclic amines) is 1. The molecule has 0 aromatic rings. The maximum atomic E-state index is 3.44. The van der Waals surface area contributed by atoms with E-state index < -0.39 is 0 Å². The van der Waals surface area contributed by atoms with Gasteiger partial charge in [0.05, 0.1) is 0 Å². The first-order valence-corrected chi connectivity index (χ1v) is 5.33. The first kappa shape index (κ1) is 10.0. The Bertz CT molecular complexity index is 114. The van der Waals surface area contributed by atoms with Crippen molar-refractivity contribution in [3.05, 3.63) is 0 Å². The molecular weight excluding hydrogens is 148 g/mol. The summed E-state index contributed by atoms with van der Waals surface area (Å²) in [6, 6.07) is 0.824. The van der Waals surface area contributed by atoms with Crippen LogP contribution < -0.4 is 5.32 Å². The molecule has 1 atom stereocenters. The molecule has 0 spiro atoms. The summed E-state index contributed by atoms with van der Waals surface area (Å²) >= 11 is 0. The Hall–Kier alpha value is -0.0800. The van der Waals surface area contributed by atoms with Crippen molar-refractivity contribution in [2.45, 2.75) is 39.2 Å². The van der Waals surface area contributed by atoms with E-state index in [0.29, 0.717) is 0 Å². The minimum Gasteiger partial charge on any atom is -0.315 e. The Labute approximate surface area is 76.3 Å². The van der Waals surface area contributed by atoms with Crippen molar-refractivity contribution >= 4 is 0 Å².